The lowest BCUT2D eigenvalue weighted by atomic mass is 10.0. The zero-order chi connectivity index (χ0) is 22.8. The van der Waals surface area contributed by atoms with Crippen LogP contribution in [-0.4, -0.2) is 46.3 Å². The number of H-pyrrole nitrogens is 1. The molecule has 0 radical (unpaired) electrons. The number of hydrogen-bond acceptors (Lipinski definition) is 7. The van der Waals surface area contributed by atoms with Crippen LogP contribution in [0.1, 0.15) is 35.3 Å². The van der Waals surface area contributed by atoms with Gasteiger partial charge in [-0.2, -0.15) is 10.3 Å². The number of amides is 1. The van der Waals surface area contributed by atoms with Crippen LogP contribution in [-0.2, 0) is 0 Å². The first-order valence-electron chi connectivity index (χ1n) is 10.2. The molecule has 1 amide bonds. The summed E-state index contributed by atoms with van der Waals surface area (Å²) >= 11 is 0. The molecule has 5 rings (SSSR count). The molecule has 1 aromatic carbocycles. The van der Waals surface area contributed by atoms with Gasteiger partial charge < -0.3 is 5.32 Å². The maximum atomic E-state index is 13.3. The van der Waals surface area contributed by atoms with Crippen LogP contribution in [0.2, 0.25) is 0 Å². The van der Waals surface area contributed by atoms with Crippen LogP contribution < -0.4 is 5.32 Å². The van der Waals surface area contributed by atoms with E-state index in [0.29, 0.717) is 40.1 Å². The second kappa shape index (κ2) is 8.54. The first-order chi connectivity index (χ1) is 16.1. The van der Waals surface area contributed by atoms with E-state index in [1.807, 2.05) is 19.1 Å². The van der Waals surface area contributed by atoms with Crippen molar-refractivity contribution in [3.63, 3.8) is 0 Å². The van der Waals surface area contributed by atoms with Gasteiger partial charge in [0.25, 0.3) is 5.91 Å². The number of aromatic nitrogens is 8. The molecule has 164 valence electrons. The minimum atomic E-state index is -0.336. The Hall–Kier alpha value is -4.54. The molecule has 0 bridgehead atoms. The lowest BCUT2D eigenvalue weighted by Gasteiger charge is -2.18. The lowest BCUT2D eigenvalue weighted by molar-refractivity contribution is 0.0937. The molecular weight excluding hydrogens is 425 g/mol. The molecule has 0 unspecified atom stereocenters. The second-order valence-corrected chi connectivity index (χ2v) is 7.30. The van der Waals surface area contributed by atoms with Crippen molar-refractivity contribution in [3.05, 3.63) is 78.1 Å². The van der Waals surface area contributed by atoms with E-state index in [1.165, 1.54) is 18.3 Å². The molecule has 10 nitrogen and oxygen atoms in total. The van der Waals surface area contributed by atoms with Crippen LogP contribution >= 0.6 is 0 Å². The summed E-state index contributed by atoms with van der Waals surface area (Å²) in [4.78, 5) is 21.7. The summed E-state index contributed by atoms with van der Waals surface area (Å²) in [6.07, 6.45) is 7.04. The molecule has 0 saturated carbocycles. The number of benzene rings is 1. The summed E-state index contributed by atoms with van der Waals surface area (Å²) < 4.78 is 14.9. The van der Waals surface area contributed by atoms with E-state index in [1.54, 1.807) is 35.4 Å². The van der Waals surface area contributed by atoms with Gasteiger partial charge in [0.2, 0.25) is 5.82 Å². The number of pyridine rings is 2. The second-order valence-electron chi connectivity index (χ2n) is 7.30. The van der Waals surface area contributed by atoms with Gasteiger partial charge in [0.15, 0.2) is 0 Å². The first kappa shape index (κ1) is 20.4. The number of halogens is 1. The minimum absolute atomic E-state index is 0.270. The number of rotatable bonds is 6. The molecule has 1 atom stereocenters. The summed E-state index contributed by atoms with van der Waals surface area (Å²) in [7, 11) is 0. The van der Waals surface area contributed by atoms with Crippen molar-refractivity contribution in [1.82, 2.24) is 45.7 Å². The summed E-state index contributed by atoms with van der Waals surface area (Å²) in [5.41, 5.74) is 3.13. The molecule has 0 aliphatic carbocycles. The zero-order valence-electron chi connectivity index (χ0n) is 17.5. The number of aromatic amines is 1. The number of tetrazole rings is 1. The molecule has 0 saturated heterocycles. The Balaban J connectivity index is 1.44. The van der Waals surface area contributed by atoms with Crippen molar-refractivity contribution in [2.45, 2.75) is 19.4 Å². The molecule has 2 N–H and O–H groups in total. The summed E-state index contributed by atoms with van der Waals surface area (Å²) in [5.74, 6) is -0.241. The average Bonchev–Trinajstić information content (AvgIpc) is 3.53. The molecule has 33 heavy (non-hydrogen) atoms. The molecule has 0 spiro atoms. The van der Waals surface area contributed by atoms with Crippen LogP contribution in [0.25, 0.3) is 28.1 Å². The van der Waals surface area contributed by atoms with Gasteiger partial charge >= 0.3 is 0 Å². The van der Waals surface area contributed by atoms with Gasteiger partial charge in [0, 0.05) is 17.8 Å². The van der Waals surface area contributed by atoms with Gasteiger partial charge in [-0.1, -0.05) is 6.92 Å². The monoisotopic (exact) mass is 443 g/mol. The Morgan fingerprint density at radius 2 is 2.03 bits per heavy atom. The maximum absolute atomic E-state index is 13.3. The van der Waals surface area contributed by atoms with Gasteiger partial charge in [-0.25, -0.2) is 9.07 Å². The van der Waals surface area contributed by atoms with E-state index in [4.69, 9.17) is 0 Å². The Labute approximate surface area is 186 Å². The van der Waals surface area contributed by atoms with Crippen LogP contribution in [0.15, 0.2) is 61.2 Å². The standard InChI is InChI=1S/C22H18FN9O/c1-2-18(13-7-8-25-19(9-13)21-28-30-31-29-21)27-22(33)17-10-24-12-20-16(17)11-26-32(20)15-5-3-14(23)4-6-15/h3-12,18H,2H2,1H3,(H,27,33)(H,28,29,30,31)/t18-/m0/s1. The first-order valence-corrected chi connectivity index (χ1v) is 10.2. The van der Waals surface area contributed by atoms with E-state index in [9.17, 15) is 9.18 Å². The van der Waals surface area contributed by atoms with Crippen LogP contribution in [0.3, 0.4) is 0 Å². The van der Waals surface area contributed by atoms with E-state index >= 15 is 0 Å². The van der Waals surface area contributed by atoms with Gasteiger partial charge in [-0.15, -0.1) is 10.2 Å². The summed E-state index contributed by atoms with van der Waals surface area (Å²) in [5, 5.41) is 22.0. The van der Waals surface area contributed by atoms with Crippen molar-refractivity contribution in [3.8, 4) is 17.2 Å². The fraction of sp³-hybridized carbons (Fsp3) is 0.136. The lowest BCUT2D eigenvalue weighted by Crippen LogP contribution is -2.28. The van der Waals surface area contributed by atoms with Crippen molar-refractivity contribution < 1.29 is 9.18 Å². The SMILES string of the molecule is CC[C@H](NC(=O)c1cncc2c1cnn2-c1ccc(F)cc1)c1ccnc(-c2nn[nH]n2)c1. The molecule has 5 aromatic rings. The Kier molecular flexibility index (Phi) is 5.27. The Morgan fingerprint density at radius 1 is 1.18 bits per heavy atom. The number of carbonyl (C=O) groups is 1. The Bertz CT molecular complexity index is 1410. The van der Waals surface area contributed by atoms with Gasteiger partial charge in [0.1, 0.15) is 11.5 Å². The topological polar surface area (TPSA) is 127 Å². The van der Waals surface area contributed by atoms with E-state index in [-0.39, 0.29) is 17.8 Å². The largest absolute Gasteiger partial charge is 0.345 e. The molecular formula is C22H18FN9O. The van der Waals surface area contributed by atoms with Gasteiger partial charge in [-0.05, 0) is 53.6 Å². The summed E-state index contributed by atoms with van der Waals surface area (Å²) in [6.45, 7) is 1.98. The quantitative estimate of drug-likeness (QED) is 0.413. The highest BCUT2D eigenvalue weighted by Gasteiger charge is 2.19. The van der Waals surface area contributed by atoms with E-state index in [2.05, 4.69) is 41.0 Å². The molecule has 0 aliphatic rings. The van der Waals surface area contributed by atoms with Crippen LogP contribution in [0.5, 0.6) is 0 Å². The zero-order valence-corrected chi connectivity index (χ0v) is 17.5. The Morgan fingerprint density at radius 3 is 2.79 bits per heavy atom. The normalized spacial score (nSPS) is 12.1. The predicted octanol–water partition coefficient (Wildman–Crippen LogP) is 3.02. The third-order valence-electron chi connectivity index (χ3n) is 5.29. The van der Waals surface area contributed by atoms with Crippen molar-refractivity contribution in [1.29, 1.82) is 0 Å². The third kappa shape index (κ3) is 3.91. The smallest absolute Gasteiger partial charge is 0.254 e. The summed E-state index contributed by atoms with van der Waals surface area (Å²) in [6, 6.07) is 9.34. The average molecular weight is 443 g/mol. The number of fused-ring (bicyclic) bond motifs is 1. The fourth-order valence-electron chi connectivity index (χ4n) is 3.62. The highest BCUT2D eigenvalue weighted by Crippen LogP contribution is 2.24. The number of hydrogen-bond donors (Lipinski definition) is 2. The van der Waals surface area contributed by atoms with Crippen molar-refractivity contribution in [2.24, 2.45) is 0 Å². The number of nitrogens with one attached hydrogen (secondary N) is 2. The predicted molar refractivity (Wildman–Crippen MR) is 117 cm³/mol. The molecule has 0 fully saturated rings. The van der Waals surface area contributed by atoms with E-state index < -0.39 is 0 Å². The van der Waals surface area contributed by atoms with Crippen LogP contribution in [0.4, 0.5) is 4.39 Å². The number of nitrogens with zero attached hydrogens (tertiary/aromatic N) is 7. The van der Waals surface area contributed by atoms with Crippen molar-refractivity contribution >= 4 is 16.8 Å². The molecule has 11 heteroatoms. The fourth-order valence-corrected chi connectivity index (χ4v) is 3.62. The van der Waals surface area contributed by atoms with Crippen LogP contribution in [0, 0.1) is 5.82 Å². The minimum Gasteiger partial charge on any atom is -0.345 e. The number of carbonyl (C=O) groups excluding carboxylic acids is 1. The highest BCUT2D eigenvalue weighted by atomic mass is 19.1. The molecule has 4 heterocycles. The van der Waals surface area contributed by atoms with Gasteiger partial charge in [0.05, 0.1) is 35.2 Å². The highest BCUT2D eigenvalue weighted by molar-refractivity contribution is 6.06. The molecule has 4 aromatic heterocycles. The van der Waals surface area contributed by atoms with Gasteiger partial charge in [-0.3, -0.25) is 14.8 Å². The van der Waals surface area contributed by atoms with Crippen molar-refractivity contribution in [2.75, 3.05) is 0 Å². The van der Waals surface area contributed by atoms with E-state index in [0.717, 1.165) is 5.56 Å². The maximum Gasteiger partial charge on any atom is 0.254 e. The third-order valence-corrected chi connectivity index (χ3v) is 5.29. The molecule has 0 aliphatic heterocycles.